The second-order valence-corrected chi connectivity index (χ2v) is 6.93. The fourth-order valence-electron chi connectivity index (χ4n) is 2.19. The summed E-state index contributed by atoms with van der Waals surface area (Å²) < 4.78 is 23.0. The lowest BCUT2D eigenvalue weighted by atomic mass is 10.1. The van der Waals surface area contributed by atoms with E-state index in [1.807, 2.05) is 0 Å². The molecule has 1 heterocycles. The van der Waals surface area contributed by atoms with E-state index in [1.54, 1.807) is 13.0 Å². The molecule has 3 N–H and O–H groups in total. The molecule has 19 heavy (non-hydrogen) atoms. The van der Waals surface area contributed by atoms with E-state index in [2.05, 4.69) is 0 Å². The highest BCUT2D eigenvalue weighted by molar-refractivity contribution is 7.91. The van der Waals surface area contributed by atoms with Crippen LogP contribution in [-0.4, -0.2) is 48.4 Å². The summed E-state index contributed by atoms with van der Waals surface area (Å²) in [4.78, 5) is 13.8. The quantitative estimate of drug-likeness (QED) is 0.568. The summed E-state index contributed by atoms with van der Waals surface area (Å²) in [7, 11) is -3.08. The minimum Gasteiger partial charge on any atom is -0.505 e. The summed E-state index contributed by atoms with van der Waals surface area (Å²) in [5, 5.41) is 9.80. The van der Waals surface area contributed by atoms with Gasteiger partial charge in [0.05, 0.1) is 22.8 Å². The lowest BCUT2D eigenvalue weighted by molar-refractivity contribution is 0.0709. The predicted molar refractivity (Wildman–Crippen MR) is 71.7 cm³/mol. The molecule has 1 aliphatic heterocycles. The number of nitrogens with two attached hydrogens (primary N) is 1. The highest BCUT2D eigenvalue weighted by Gasteiger charge is 2.32. The first-order valence-corrected chi connectivity index (χ1v) is 7.73. The van der Waals surface area contributed by atoms with Gasteiger partial charge in [-0.1, -0.05) is 6.07 Å². The van der Waals surface area contributed by atoms with Crippen LogP contribution in [0, 0.1) is 0 Å². The molecule has 2 rings (SSSR count). The third-order valence-corrected chi connectivity index (χ3v) is 5.02. The number of nitrogen functional groups attached to an aromatic ring is 1. The van der Waals surface area contributed by atoms with E-state index in [1.165, 1.54) is 17.0 Å². The van der Waals surface area contributed by atoms with Gasteiger partial charge in [-0.15, -0.1) is 0 Å². The predicted octanol–water partition coefficient (Wildman–Crippen LogP) is 0.233. The number of carbonyl (C=O) groups is 1. The molecule has 1 fully saturated rings. The maximum atomic E-state index is 12.3. The van der Waals surface area contributed by atoms with Crippen LogP contribution in [0.25, 0.3) is 0 Å². The van der Waals surface area contributed by atoms with E-state index in [0.29, 0.717) is 0 Å². The Balaban J connectivity index is 2.28. The molecule has 0 bridgehead atoms. The average Bonchev–Trinajstić information content (AvgIpc) is 2.31. The molecule has 1 aromatic carbocycles. The molecule has 1 unspecified atom stereocenters. The minimum atomic E-state index is -3.08. The van der Waals surface area contributed by atoms with Crippen molar-refractivity contribution < 1.29 is 18.3 Å². The number of aromatic hydroxyl groups is 1. The summed E-state index contributed by atoms with van der Waals surface area (Å²) in [5.74, 6) is -0.756. The van der Waals surface area contributed by atoms with Gasteiger partial charge >= 0.3 is 0 Å². The van der Waals surface area contributed by atoms with Gasteiger partial charge in [0.1, 0.15) is 0 Å². The van der Waals surface area contributed by atoms with Gasteiger partial charge in [-0.05, 0) is 19.1 Å². The van der Waals surface area contributed by atoms with E-state index in [-0.39, 0.29) is 35.1 Å². The van der Waals surface area contributed by atoms with Crippen LogP contribution in [0.1, 0.15) is 17.3 Å². The Kier molecular flexibility index (Phi) is 3.40. The van der Waals surface area contributed by atoms with Crippen molar-refractivity contribution >= 4 is 21.4 Å². The van der Waals surface area contributed by atoms with E-state index >= 15 is 0 Å². The monoisotopic (exact) mass is 284 g/mol. The number of benzene rings is 1. The third-order valence-electron chi connectivity index (χ3n) is 3.23. The number of rotatable bonds is 1. The zero-order chi connectivity index (χ0) is 14.2. The molecule has 0 saturated carbocycles. The van der Waals surface area contributed by atoms with Crippen molar-refractivity contribution in [3.63, 3.8) is 0 Å². The number of sulfone groups is 1. The molecule has 104 valence electrons. The molecular formula is C12H16N2O4S. The van der Waals surface area contributed by atoms with Gasteiger partial charge < -0.3 is 15.7 Å². The maximum Gasteiger partial charge on any atom is 0.257 e. The fourth-order valence-corrected chi connectivity index (χ4v) is 3.75. The largest absolute Gasteiger partial charge is 0.505 e. The summed E-state index contributed by atoms with van der Waals surface area (Å²) in [6, 6.07) is 4.14. The number of amides is 1. The normalized spacial score (nSPS) is 22.2. The summed E-state index contributed by atoms with van der Waals surface area (Å²) in [6.45, 7) is 1.81. The number of hydrogen-bond acceptors (Lipinski definition) is 5. The third kappa shape index (κ3) is 2.65. The van der Waals surface area contributed by atoms with Crippen LogP contribution in [-0.2, 0) is 9.84 Å². The lowest BCUT2D eigenvalue weighted by Crippen LogP contribution is -2.49. The number of carbonyl (C=O) groups excluding carboxylic acids is 1. The van der Waals surface area contributed by atoms with Crippen molar-refractivity contribution in [2.24, 2.45) is 0 Å². The zero-order valence-electron chi connectivity index (χ0n) is 10.5. The Morgan fingerprint density at radius 3 is 2.79 bits per heavy atom. The van der Waals surface area contributed by atoms with Crippen LogP contribution in [0.15, 0.2) is 18.2 Å². The van der Waals surface area contributed by atoms with Crippen molar-refractivity contribution in [2.45, 2.75) is 13.0 Å². The Morgan fingerprint density at radius 2 is 2.16 bits per heavy atom. The highest BCUT2D eigenvalue weighted by atomic mass is 32.2. The molecule has 0 aliphatic carbocycles. The van der Waals surface area contributed by atoms with Gasteiger partial charge in [-0.3, -0.25) is 4.79 Å². The van der Waals surface area contributed by atoms with Gasteiger partial charge in [0.15, 0.2) is 15.6 Å². The first-order valence-electron chi connectivity index (χ1n) is 5.90. The van der Waals surface area contributed by atoms with Crippen LogP contribution in [0.4, 0.5) is 5.69 Å². The number of nitrogens with zero attached hydrogens (tertiary/aromatic N) is 1. The first-order chi connectivity index (χ1) is 8.82. The smallest absolute Gasteiger partial charge is 0.257 e. The van der Waals surface area contributed by atoms with Crippen molar-refractivity contribution in [3.8, 4) is 5.75 Å². The number of anilines is 1. The van der Waals surface area contributed by atoms with Gasteiger partial charge in [0, 0.05) is 12.6 Å². The minimum absolute atomic E-state index is 0.0494. The van der Waals surface area contributed by atoms with E-state index in [0.717, 1.165) is 0 Å². The number of phenols is 1. The Hall–Kier alpha value is -1.76. The molecule has 1 amide bonds. The molecule has 0 aromatic heterocycles. The Bertz CT molecular complexity index is 612. The molecule has 0 spiro atoms. The SMILES string of the molecule is CC1CS(=O)(=O)CCN1C(=O)c1cccc(N)c1O. The lowest BCUT2D eigenvalue weighted by Gasteiger charge is -2.33. The van der Waals surface area contributed by atoms with Gasteiger partial charge in [0.2, 0.25) is 0 Å². The molecule has 6 nitrogen and oxygen atoms in total. The number of phenolic OH excluding ortho intramolecular Hbond substituents is 1. The van der Waals surface area contributed by atoms with Crippen molar-refractivity contribution in [1.29, 1.82) is 0 Å². The fraction of sp³-hybridized carbons (Fsp3) is 0.417. The molecule has 1 atom stereocenters. The van der Waals surface area contributed by atoms with Gasteiger partial charge in [-0.25, -0.2) is 8.42 Å². The van der Waals surface area contributed by atoms with Crippen LogP contribution in [0.2, 0.25) is 0 Å². The highest BCUT2D eigenvalue weighted by Crippen LogP contribution is 2.27. The number of para-hydroxylation sites is 1. The molecule has 0 radical (unpaired) electrons. The average molecular weight is 284 g/mol. The zero-order valence-corrected chi connectivity index (χ0v) is 11.4. The second-order valence-electron chi connectivity index (χ2n) is 4.71. The van der Waals surface area contributed by atoms with E-state index < -0.39 is 21.8 Å². The van der Waals surface area contributed by atoms with Gasteiger partial charge in [0.25, 0.3) is 5.91 Å². The van der Waals surface area contributed by atoms with Crippen LogP contribution in [0.3, 0.4) is 0 Å². The number of hydrogen-bond donors (Lipinski definition) is 2. The van der Waals surface area contributed by atoms with Crippen molar-refractivity contribution in [3.05, 3.63) is 23.8 Å². The van der Waals surface area contributed by atoms with E-state index in [4.69, 9.17) is 5.73 Å². The van der Waals surface area contributed by atoms with Crippen LogP contribution in [0.5, 0.6) is 5.75 Å². The van der Waals surface area contributed by atoms with Crippen LogP contribution >= 0.6 is 0 Å². The Morgan fingerprint density at radius 1 is 1.47 bits per heavy atom. The Labute approximate surface area is 111 Å². The maximum absolute atomic E-state index is 12.3. The standard InChI is InChI=1S/C12H16N2O4S/c1-8-7-19(17,18)6-5-14(8)12(16)9-3-2-4-10(13)11(9)15/h2-4,8,15H,5-7,13H2,1H3. The molecular weight excluding hydrogens is 268 g/mol. The van der Waals surface area contributed by atoms with Crippen molar-refractivity contribution in [1.82, 2.24) is 4.90 Å². The van der Waals surface area contributed by atoms with E-state index in [9.17, 15) is 18.3 Å². The second kappa shape index (κ2) is 4.73. The topological polar surface area (TPSA) is 101 Å². The molecule has 7 heteroatoms. The summed E-state index contributed by atoms with van der Waals surface area (Å²) in [5.41, 5.74) is 5.78. The summed E-state index contributed by atoms with van der Waals surface area (Å²) in [6.07, 6.45) is 0. The molecule has 1 saturated heterocycles. The van der Waals surface area contributed by atoms with Crippen molar-refractivity contribution in [2.75, 3.05) is 23.8 Å². The van der Waals surface area contributed by atoms with Gasteiger partial charge in [-0.2, -0.15) is 0 Å². The molecule has 1 aromatic rings. The summed E-state index contributed by atoms with van der Waals surface area (Å²) >= 11 is 0. The van der Waals surface area contributed by atoms with Crippen LogP contribution < -0.4 is 5.73 Å². The first kappa shape index (κ1) is 13.7. The molecule has 1 aliphatic rings.